The fourth-order valence-electron chi connectivity index (χ4n) is 15.5. The van der Waals surface area contributed by atoms with E-state index < -0.39 is 137 Å². The number of ether oxygens (including phenoxy) is 1. The van der Waals surface area contributed by atoms with Gasteiger partial charge in [-0.3, -0.25) is 52.8 Å². The molecule has 26 nitrogen and oxygen atoms in total. The smallest absolute Gasteiger partial charge is 0.394 e. The fraction of sp³-hybridized carbons (Fsp3) is 0.635. The first kappa shape index (κ1) is 69.1. The second-order valence-electron chi connectivity index (χ2n) is 27.3. The van der Waals surface area contributed by atoms with Gasteiger partial charge in [0.25, 0.3) is 0 Å². The third kappa shape index (κ3) is 13.0. The Bertz CT molecular complexity index is 3530. The van der Waals surface area contributed by atoms with E-state index in [1.165, 1.54) is 20.2 Å². The Balaban J connectivity index is 1.19. The molecule has 2 fully saturated rings. The Kier molecular flexibility index (Phi) is 19.7. The number of aliphatic imine (C=N–C) groups is 3. The number of aromatic nitrogens is 2. The molecule has 0 radical (unpaired) electrons. The molecule has 15 atom stereocenters. The minimum atomic E-state index is -5.06. The van der Waals surface area contributed by atoms with E-state index in [1.807, 2.05) is 87.4 Å². The van der Waals surface area contributed by atoms with E-state index in [1.54, 1.807) is 4.57 Å². The van der Waals surface area contributed by atoms with Crippen molar-refractivity contribution in [3.05, 3.63) is 63.9 Å². The average Bonchev–Trinajstić information content (AvgIpc) is 1.53. The van der Waals surface area contributed by atoms with Gasteiger partial charge in [0.1, 0.15) is 24.1 Å². The maximum absolute atomic E-state index is 14.4. The summed E-state index contributed by atoms with van der Waals surface area (Å²) >= 11 is 0. The zero-order valence-corrected chi connectivity index (χ0v) is 54.6. The lowest BCUT2D eigenvalue weighted by Crippen LogP contribution is -2.56. The molecule has 2 unspecified atom stereocenters. The third-order valence-electron chi connectivity index (χ3n) is 20.7. The van der Waals surface area contributed by atoms with Crippen LogP contribution in [0.4, 0.5) is 0 Å². The Morgan fingerprint density at radius 3 is 2.04 bits per heavy atom. The topological polar surface area (TPSA) is 434 Å². The van der Waals surface area contributed by atoms with E-state index >= 15 is 0 Å². The van der Waals surface area contributed by atoms with Gasteiger partial charge in [0.05, 0.1) is 41.7 Å². The highest BCUT2D eigenvalue weighted by atomic mass is 31.2. The number of amides is 6. The molecule has 0 aliphatic carbocycles. The molecule has 1 aromatic carbocycles. The number of imidazole rings is 1. The van der Waals surface area contributed by atoms with Crippen LogP contribution in [0, 0.1) is 59.2 Å². The van der Waals surface area contributed by atoms with Crippen molar-refractivity contribution < 1.29 is 67.0 Å². The number of rotatable bonds is 26. The highest BCUT2D eigenvalue weighted by Crippen LogP contribution is 2.63. The van der Waals surface area contributed by atoms with Crippen LogP contribution in [0.2, 0.25) is 0 Å². The molecule has 2 aromatic rings. The molecular formula is C63H91N12O14P. The summed E-state index contributed by atoms with van der Waals surface area (Å²) < 4.78 is 32.3. The number of carbonyl (C=O) groups is 7. The van der Waals surface area contributed by atoms with Crippen LogP contribution in [0.15, 0.2) is 67.8 Å². The van der Waals surface area contributed by atoms with E-state index in [2.05, 4.69) is 15.6 Å². The van der Waals surface area contributed by atoms with Crippen molar-refractivity contribution in [2.75, 3.05) is 13.2 Å². The van der Waals surface area contributed by atoms with Gasteiger partial charge in [-0.2, -0.15) is 0 Å². The van der Waals surface area contributed by atoms with E-state index in [9.17, 15) is 53.2 Å². The first-order chi connectivity index (χ1) is 41.8. The highest BCUT2D eigenvalue weighted by molar-refractivity contribution is 7.47. The van der Waals surface area contributed by atoms with Gasteiger partial charge < -0.3 is 68.5 Å². The zero-order valence-electron chi connectivity index (χ0n) is 53.7. The molecule has 90 heavy (non-hydrogen) atoms. The minimum Gasteiger partial charge on any atom is -0.394 e. The SMILES string of the molecule is CC(=O)CC[C@@H]1C2=CC3=NC(=C(C)C4=N[C@H]([C@H](CC(N)=O)[C@@]4(C)CCC(=O)NC[C@@H](C)OP(=O)(O)O[C@@H]4C(CO)O[C@H](n5cnc6cc(C)c(C)cc65)[C@@H]4O)[C@]4(C)N=C(C(C)=C(N2)[C@@]1(C)CC(N)=O)[C@@H](CCC(N)=O)[C@]4(C)CC(N)=O)[C@@H](CCC(N)=O)C3(C)C. The van der Waals surface area contributed by atoms with Crippen LogP contribution in [-0.2, 0) is 51.9 Å². The van der Waals surface area contributed by atoms with Crippen molar-refractivity contribution in [3.63, 3.8) is 0 Å². The second kappa shape index (κ2) is 25.7. The van der Waals surface area contributed by atoms with E-state index in [4.69, 9.17) is 57.4 Å². The predicted molar refractivity (Wildman–Crippen MR) is 335 cm³/mol. The van der Waals surface area contributed by atoms with Crippen LogP contribution >= 0.6 is 7.82 Å². The van der Waals surface area contributed by atoms with Crippen molar-refractivity contribution in [2.45, 2.75) is 196 Å². The number of nitrogens with two attached hydrogens (primary N) is 5. The molecule has 0 saturated carbocycles. The number of ketones is 1. The first-order valence-corrected chi connectivity index (χ1v) is 32.3. The quantitative estimate of drug-likeness (QED) is 0.0588. The number of carbonyl (C=O) groups excluding carboxylic acids is 7. The van der Waals surface area contributed by atoms with E-state index in [-0.39, 0.29) is 76.5 Å². The number of phosphoric acid groups is 1. The number of hydrogen-bond acceptors (Lipinski definition) is 18. The summed E-state index contributed by atoms with van der Waals surface area (Å²) in [6.45, 7) is 20.9. The van der Waals surface area contributed by atoms with Crippen molar-refractivity contribution >= 4 is 77.2 Å². The lowest BCUT2D eigenvalue weighted by molar-refractivity contribution is -0.124. The van der Waals surface area contributed by atoms with Gasteiger partial charge in [-0.15, -0.1) is 0 Å². The Hall–Kier alpha value is -6.80. The zero-order chi connectivity index (χ0) is 66.7. The molecule has 2 saturated heterocycles. The molecule has 27 heteroatoms. The summed E-state index contributed by atoms with van der Waals surface area (Å²) in [7, 11) is -5.06. The lowest BCUT2D eigenvalue weighted by atomic mass is 9.55. The lowest BCUT2D eigenvalue weighted by Gasteiger charge is -2.48. The molecule has 6 amide bonds. The van der Waals surface area contributed by atoms with E-state index in [0.717, 1.165) is 11.1 Å². The Labute approximate surface area is 524 Å². The summed E-state index contributed by atoms with van der Waals surface area (Å²) in [6, 6.07) is 2.71. The molecule has 0 spiro atoms. The number of primary amides is 5. The highest BCUT2D eigenvalue weighted by Gasteiger charge is 2.66. The van der Waals surface area contributed by atoms with Gasteiger partial charge in [0, 0.05) is 131 Å². The third-order valence-corrected chi connectivity index (χ3v) is 21.8. The molecule has 6 aliphatic rings. The first-order valence-electron chi connectivity index (χ1n) is 30.8. The molecule has 1 aromatic heterocycles. The number of hydrogen-bond donors (Lipinski definition) is 10. The summed E-state index contributed by atoms with van der Waals surface area (Å²) in [5.74, 6) is -6.46. The number of aryl methyl sites for hydroxylation is 2. The number of nitrogens with zero attached hydrogens (tertiary/aromatic N) is 5. The van der Waals surface area contributed by atoms with Crippen LogP contribution in [0.25, 0.3) is 11.0 Å². The minimum absolute atomic E-state index is 0.00120. The van der Waals surface area contributed by atoms with Crippen LogP contribution in [0.3, 0.4) is 0 Å². The Morgan fingerprint density at radius 1 is 0.822 bits per heavy atom. The number of allylic oxidation sites excluding steroid dienone is 6. The summed E-state index contributed by atoms with van der Waals surface area (Å²) in [5, 5.41) is 28.3. The van der Waals surface area contributed by atoms with Crippen LogP contribution in [0.5, 0.6) is 0 Å². The molecule has 6 aliphatic heterocycles. The summed E-state index contributed by atoms with van der Waals surface area (Å²) in [4.78, 5) is 126. The van der Waals surface area contributed by atoms with Crippen LogP contribution in [-0.4, -0.2) is 132 Å². The number of Topliss-reactive ketones (excluding diaryl/α,β-unsaturated/α-hetero) is 1. The van der Waals surface area contributed by atoms with Gasteiger partial charge in [-0.1, -0.05) is 34.6 Å². The second-order valence-corrected chi connectivity index (χ2v) is 28.7. The van der Waals surface area contributed by atoms with Gasteiger partial charge in [0.15, 0.2) is 6.23 Å². The molecule has 8 rings (SSSR count). The number of phosphoric ester groups is 1. The summed E-state index contributed by atoms with van der Waals surface area (Å²) in [5.41, 5.74) is 32.0. The number of aliphatic hydroxyl groups is 2. The summed E-state index contributed by atoms with van der Waals surface area (Å²) in [6.07, 6.45) is -3.70. The molecular weight excluding hydrogens is 1180 g/mol. The normalized spacial score (nSPS) is 32.1. The maximum Gasteiger partial charge on any atom is 0.472 e. The largest absolute Gasteiger partial charge is 0.472 e. The van der Waals surface area contributed by atoms with Gasteiger partial charge in [-0.05, 0) is 115 Å². The van der Waals surface area contributed by atoms with E-state index in [0.29, 0.717) is 62.8 Å². The Morgan fingerprint density at radius 2 is 1.44 bits per heavy atom. The van der Waals surface area contributed by atoms with Crippen LogP contribution < -0.4 is 39.3 Å². The average molecular weight is 1270 g/mol. The van der Waals surface area contributed by atoms with Gasteiger partial charge >= 0.3 is 7.82 Å². The van der Waals surface area contributed by atoms with Crippen molar-refractivity contribution in [3.8, 4) is 0 Å². The molecule has 8 bridgehead atoms. The molecule has 492 valence electrons. The molecule has 15 N–H and O–H groups in total. The number of fused-ring (bicyclic) bond motifs is 7. The van der Waals surface area contributed by atoms with Gasteiger partial charge in [0.2, 0.25) is 35.4 Å². The fourth-order valence-corrected chi connectivity index (χ4v) is 16.6. The molecule has 7 heterocycles. The maximum atomic E-state index is 14.4. The van der Waals surface area contributed by atoms with Crippen LogP contribution in [0.1, 0.15) is 157 Å². The predicted octanol–water partition coefficient (Wildman–Crippen LogP) is 4.27. The monoisotopic (exact) mass is 1270 g/mol. The van der Waals surface area contributed by atoms with Crippen molar-refractivity contribution in [1.29, 1.82) is 0 Å². The van der Waals surface area contributed by atoms with Crippen molar-refractivity contribution in [2.24, 2.45) is 89.0 Å². The number of nitrogens with one attached hydrogen (secondary N) is 2. The number of aliphatic hydroxyl groups excluding tert-OH is 2. The van der Waals surface area contributed by atoms with Gasteiger partial charge in [-0.25, -0.2) is 9.55 Å². The number of benzene rings is 1. The standard InChI is InChI=1S/C63H91N12O14P/c1-30-21-41-42(22-31(30)2)75(29-70-41)58-53(84)54(43(28-76)87-58)89-90(85,86)88-33(4)27-69-50(83)19-20-60(9)39(23-47(66)80)57-63(12)62(11,26-49(68)82)38(16-18-46(65)79)52(74-63)35(6)56-61(10,25-48(67)81)36(14-13-32(3)77)40(71-56)24-44-59(7,8)37(15-17-45(64)78)51(72-44)34(5)55(60)73-57/h21-22,24,29,33,36-39,43,53-54,57-58,71,76,84H,13-20,23,25-28H2,1-12H3,(H2,64,78)(H2,65,79)(H2,66,80)(H2,67,81)(H2,68,82)(H,69,83)(H,85,86)/t33-,36-,37-,38-,39+,43?,53-,54-,57-,58+,60-,61+,62+,63+/m1/s1. The van der Waals surface area contributed by atoms with Crippen molar-refractivity contribution in [1.82, 2.24) is 20.2 Å².